The number of primary amides is 1. The number of ether oxygens (including phenoxy) is 1. The molecule has 0 radical (unpaired) electrons. The molecule has 0 aliphatic carbocycles. The Hall–Kier alpha value is -5.25. The number of hydrogen-bond acceptors (Lipinski definition) is 2. The molecule has 2 N–H and O–H groups in total. The molecule has 0 saturated carbocycles. The fourth-order valence-corrected chi connectivity index (χ4v) is 5.62. The fourth-order valence-electron chi connectivity index (χ4n) is 5.62. The highest BCUT2D eigenvalue weighted by Crippen LogP contribution is 2.51. The summed E-state index contributed by atoms with van der Waals surface area (Å²) in [7, 11) is 0. The first-order valence-corrected chi connectivity index (χ1v) is 13.9. The number of amides is 1. The molecule has 0 fully saturated rings. The van der Waals surface area contributed by atoms with Gasteiger partial charge in [0.1, 0.15) is 11.2 Å². The molecule has 0 saturated heterocycles. The van der Waals surface area contributed by atoms with E-state index >= 15 is 0 Å². The molecule has 6 aromatic rings. The molecular formula is C39H33NO2. The largest absolute Gasteiger partial charge is 0.372 e. The van der Waals surface area contributed by atoms with E-state index in [0.29, 0.717) is 0 Å². The third-order valence-corrected chi connectivity index (χ3v) is 7.39. The van der Waals surface area contributed by atoms with Crippen molar-refractivity contribution in [3.05, 3.63) is 215 Å². The molecule has 3 heteroatoms. The number of benzene rings is 6. The Kier molecular flexibility index (Phi) is 9.03. The molecule has 0 bridgehead atoms. The van der Waals surface area contributed by atoms with E-state index in [0.717, 1.165) is 33.4 Å². The predicted molar refractivity (Wildman–Crippen MR) is 170 cm³/mol. The van der Waals surface area contributed by atoms with Gasteiger partial charge in [-0.2, -0.15) is 0 Å². The normalized spacial score (nSPS) is 11.1. The van der Waals surface area contributed by atoms with Gasteiger partial charge in [0.2, 0.25) is 6.41 Å². The van der Waals surface area contributed by atoms with Gasteiger partial charge in [-0.25, -0.2) is 0 Å². The maximum absolute atomic E-state index is 8.58. The number of rotatable bonds is 8. The van der Waals surface area contributed by atoms with Gasteiger partial charge in [0.05, 0.1) is 0 Å². The zero-order valence-corrected chi connectivity index (χ0v) is 23.3. The Balaban J connectivity index is 0.00000113. The lowest BCUT2D eigenvalue weighted by atomic mass is 9.75. The molecule has 6 rings (SSSR count). The van der Waals surface area contributed by atoms with E-state index in [4.69, 9.17) is 9.53 Å². The van der Waals surface area contributed by atoms with E-state index < -0.39 is 11.2 Å². The van der Waals surface area contributed by atoms with Gasteiger partial charge in [-0.1, -0.05) is 182 Å². The standard InChI is InChI=1S/C38H30O.CH3NO/c1-7-19-31(20-8-1)37(32-21-9-2-10-22-32,33-23-11-3-12-24-33)39-38(34-25-13-4-14-26-34,35-27-15-5-16-28-35)36-29-17-6-18-30-36;2-1-3/h1-30H;1H,(H2,2,3). The van der Waals surface area contributed by atoms with Crippen LogP contribution in [0.5, 0.6) is 0 Å². The van der Waals surface area contributed by atoms with Crippen molar-refractivity contribution >= 4 is 6.41 Å². The first-order valence-electron chi connectivity index (χ1n) is 13.9. The van der Waals surface area contributed by atoms with Gasteiger partial charge in [0.15, 0.2) is 0 Å². The summed E-state index contributed by atoms with van der Waals surface area (Å²) < 4.78 is 7.94. The molecule has 0 unspecified atom stereocenters. The van der Waals surface area contributed by atoms with Crippen LogP contribution in [0.3, 0.4) is 0 Å². The zero-order valence-electron chi connectivity index (χ0n) is 23.3. The van der Waals surface area contributed by atoms with Crippen molar-refractivity contribution in [3.8, 4) is 0 Å². The Labute approximate surface area is 247 Å². The van der Waals surface area contributed by atoms with Crippen LogP contribution in [-0.4, -0.2) is 6.41 Å². The molecule has 42 heavy (non-hydrogen) atoms. The van der Waals surface area contributed by atoms with Crippen LogP contribution >= 0.6 is 0 Å². The monoisotopic (exact) mass is 547 g/mol. The third kappa shape index (κ3) is 5.51. The Morgan fingerprint density at radius 1 is 0.357 bits per heavy atom. The average molecular weight is 548 g/mol. The summed E-state index contributed by atoms with van der Waals surface area (Å²) >= 11 is 0. The zero-order chi connectivity index (χ0) is 29.1. The number of carbonyl (C=O) groups is 1. The van der Waals surface area contributed by atoms with Crippen LogP contribution in [0.1, 0.15) is 33.4 Å². The lowest BCUT2D eigenvalue weighted by Gasteiger charge is -2.46. The van der Waals surface area contributed by atoms with Crippen molar-refractivity contribution in [3.63, 3.8) is 0 Å². The molecule has 1 amide bonds. The third-order valence-electron chi connectivity index (χ3n) is 7.39. The summed E-state index contributed by atoms with van der Waals surface area (Å²) in [6.07, 6.45) is 0.250. The number of hydrogen-bond donors (Lipinski definition) is 1. The summed E-state index contributed by atoms with van der Waals surface area (Å²) in [5.41, 5.74) is 8.70. The first kappa shape index (κ1) is 28.3. The van der Waals surface area contributed by atoms with Crippen LogP contribution in [0.15, 0.2) is 182 Å². The van der Waals surface area contributed by atoms with Crippen LogP contribution < -0.4 is 5.73 Å². The Bertz CT molecular complexity index is 1320. The van der Waals surface area contributed by atoms with E-state index in [9.17, 15) is 0 Å². The first-order chi connectivity index (χ1) is 20.8. The minimum atomic E-state index is -0.925. The molecule has 0 aromatic heterocycles. The van der Waals surface area contributed by atoms with E-state index in [-0.39, 0.29) is 6.41 Å². The Morgan fingerprint density at radius 2 is 0.500 bits per heavy atom. The molecule has 0 aliphatic rings. The molecule has 0 heterocycles. The molecule has 206 valence electrons. The molecule has 0 aliphatic heterocycles. The second-order valence-electron chi connectivity index (χ2n) is 9.80. The molecule has 0 atom stereocenters. The second kappa shape index (κ2) is 13.4. The van der Waals surface area contributed by atoms with Gasteiger partial charge < -0.3 is 10.5 Å². The minimum Gasteiger partial charge on any atom is -0.372 e. The summed E-state index contributed by atoms with van der Waals surface area (Å²) in [4.78, 5) is 8.58. The average Bonchev–Trinajstić information content (AvgIpc) is 3.08. The highest BCUT2D eigenvalue weighted by molar-refractivity contribution is 5.53. The van der Waals surface area contributed by atoms with Gasteiger partial charge in [-0.05, 0) is 33.4 Å². The second-order valence-corrected chi connectivity index (χ2v) is 9.80. The summed E-state index contributed by atoms with van der Waals surface area (Å²) in [5.74, 6) is 0. The quantitative estimate of drug-likeness (QED) is 0.155. The van der Waals surface area contributed by atoms with Crippen molar-refractivity contribution in [2.45, 2.75) is 11.2 Å². The fraction of sp³-hybridized carbons (Fsp3) is 0.0513. The van der Waals surface area contributed by atoms with Crippen molar-refractivity contribution < 1.29 is 9.53 Å². The van der Waals surface area contributed by atoms with Gasteiger partial charge in [0.25, 0.3) is 0 Å². The number of carbonyl (C=O) groups excluding carboxylic acids is 1. The van der Waals surface area contributed by atoms with Gasteiger partial charge in [-0.15, -0.1) is 0 Å². The van der Waals surface area contributed by atoms with Crippen molar-refractivity contribution in [2.24, 2.45) is 5.73 Å². The van der Waals surface area contributed by atoms with Crippen LogP contribution in [0.4, 0.5) is 0 Å². The number of nitrogens with two attached hydrogens (primary N) is 1. The van der Waals surface area contributed by atoms with Gasteiger partial charge in [0, 0.05) is 0 Å². The van der Waals surface area contributed by atoms with Crippen molar-refractivity contribution in [1.29, 1.82) is 0 Å². The molecule has 0 spiro atoms. The van der Waals surface area contributed by atoms with E-state index in [1.54, 1.807) is 0 Å². The van der Waals surface area contributed by atoms with E-state index in [2.05, 4.69) is 188 Å². The minimum absolute atomic E-state index is 0.250. The predicted octanol–water partition coefficient (Wildman–Crippen LogP) is 8.09. The van der Waals surface area contributed by atoms with Crippen LogP contribution in [-0.2, 0) is 20.7 Å². The molecular weight excluding hydrogens is 514 g/mol. The summed E-state index contributed by atoms with van der Waals surface area (Å²) in [6.45, 7) is 0. The lowest BCUT2D eigenvalue weighted by molar-refractivity contribution is -0.106. The van der Waals surface area contributed by atoms with Crippen LogP contribution in [0, 0.1) is 0 Å². The van der Waals surface area contributed by atoms with Crippen LogP contribution in [0.2, 0.25) is 0 Å². The Morgan fingerprint density at radius 3 is 0.643 bits per heavy atom. The van der Waals surface area contributed by atoms with Gasteiger partial charge >= 0.3 is 0 Å². The summed E-state index contributed by atoms with van der Waals surface area (Å²) in [5, 5.41) is 0. The maximum atomic E-state index is 8.58. The maximum Gasteiger partial charge on any atom is 0.204 e. The van der Waals surface area contributed by atoms with Crippen molar-refractivity contribution in [1.82, 2.24) is 0 Å². The molecule has 6 aromatic carbocycles. The van der Waals surface area contributed by atoms with E-state index in [1.165, 1.54) is 0 Å². The topological polar surface area (TPSA) is 52.3 Å². The molecule has 3 nitrogen and oxygen atoms in total. The SMILES string of the molecule is NC=O.c1ccc(C(OC(c2ccccc2)(c2ccccc2)c2ccccc2)(c2ccccc2)c2ccccc2)cc1. The summed E-state index contributed by atoms with van der Waals surface area (Å²) in [6, 6.07) is 63.5. The smallest absolute Gasteiger partial charge is 0.204 e. The lowest BCUT2D eigenvalue weighted by Crippen LogP contribution is -2.44. The van der Waals surface area contributed by atoms with Crippen LogP contribution in [0.25, 0.3) is 0 Å². The highest BCUT2D eigenvalue weighted by Gasteiger charge is 2.48. The highest BCUT2D eigenvalue weighted by atomic mass is 16.5. The van der Waals surface area contributed by atoms with Crippen molar-refractivity contribution in [2.75, 3.05) is 0 Å². The van der Waals surface area contributed by atoms with E-state index in [1.807, 2.05) is 0 Å². The van der Waals surface area contributed by atoms with Gasteiger partial charge in [-0.3, -0.25) is 4.79 Å².